The Morgan fingerprint density at radius 3 is 2.50 bits per heavy atom. The van der Waals surface area contributed by atoms with E-state index in [9.17, 15) is 0 Å². The molecular formula is C13H26N2O. The highest BCUT2D eigenvalue weighted by Gasteiger charge is 2.53. The number of rotatable bonds is 5. The second kappa shape index (κ2) is 4.28. The van der Waals surface area contributed by atoms with Gasteiger partial charge in [0.2, 0.25) is 0 Å². The topological polar surface area (TPSA) is 38.5 Å². The van der Waals surface area contributed by atoms with E-state index in [1.54, 1.807) is 7.11 Å². The molecule has 1 aliphatic heterocycles. The van der Waals surface area contributed by atoms with Crippen LogP contribution in [0.3, 0.4) is 0 Å². The number of hydrogen-bond donors (Lipinski definition) is 1. The normalized spacial score (nSPS) is 29.2. The quantitative estimate of drug-likeness (QED) is 0.774. The van der Waals surface area contributed by atoms with Gasteiger partial charge in [-0.2, -0.15) is 0 Å². The summed E-state index contributed by atoms with van der Waals surface area (Å²) in [5.41, 5.74) is 6.51. The van der Waals surface area contributed by atoms with E-state index in [2.05, 4.69) is 18.7 Å². The van der Waals surface area contributed by atoms with Crippen LogP contribution >= 0.6 is 0 Å². The molecule has 16 heavy (non-hydrogen) atoms. The summed E-state index contributed by atoms with van der Waals surface area (Å²) in [7, 11) is 1.80. The van der Waals surface area contributed by atoms with Crippen molar-refractivity contribution in [2.24, 2.45) is 11.7 Å². The first-order valence-corrected chi connectivity index (χ1v) is 6.53. The van der Waals surface area contributed by atoms with Crippen molar-refractivity contribution in [2.75, 3.05) is 26.8 Å². The lowest BCUT2D eigenvalue weighted by Crippen LogP contribution is -2.63. The van der Waals surface area contributed by atoms with Crippen LogP contribution in [0.15, 0.2) is 0 Å². The van der Waals surface area contributed by atoms with Crippen molar-refractivity contribution in [3.63, 3.8) is 0 Å². The van der Waals surface area contributed by atoms with Crippen LogP contribution < -0.4 is 5.73 Å². The molecule has 0 spiro atoms. The highest BCUT2D eigenvalue weighted by atomic mass is 16.5. The highest BCUT2D eigenvalue weighted by molar-refractivity contribution is 5.09. The Kier molecular flexibility index (Phi) is 3.30. The summed E-state index contributed by atoms with van der Waals surface area (Å²) in [4.78, 5) is 2.64. The summed E-state index contributed by atoms with van der Waals surface area (Å²) in [6.07, 6.45) is 5.23. The minimum absolute atomic E-state index is 0.106. The van der Waals surface area contributed by atoms with Gasteiger partial charge in [0.1, 0.15) is 0 Å². The monoisotopic (exact) mass is 226 g/mol. The molecule has 0 aromatic rings. The number of ether oxygens (including phenoxy) is 1. The minimum Gasteiger partial charge on any atom is -0.383 e. The Morgan fingerprint density at radius 1 is 1.44 bits per heavy atom. The zero-order valence-corrected chi connectivity index (χ0v) is 11.0. The van der Waals surface area contributed by atoms with E-state index in [0.29, 0.717) is 5.54 Å². The zero-order chi connectivity index (χ0) is 11.8. The molecular weight excluding hydrogens is 200 g/mol. The summed E-state index contributed by atoms with van der Waals surface area (Å²) in [5, 5.41) is 0. The van der Waals surface area contributed by atoms with Crippen LogP contribution in [0, 0.1) is 5.92 Å². The summed E-state index contributed by atoms with van der Waals surface area (Å²) in [6.45, 7) is 7.40. The molecule has 0 radical (unpaired) electrons. The number of hydrogen-bond acceptors (Lipinski definition) is 3. The maximum atomic E-state index is 6.11. The maximum absolute atomic E-state index is 6.11. The van der Waals surface area contributed by atoms with Crippen LogP contribution in [0.5, 0.6) is 0 Å². The van der Waals surface area contributed by atoms with Crippen LogP contribution in [0.2, 0.25) is 0 Å². The molecule has 1 unspecified atom stereocenters. The van der Waals surface area contributed by atoms with Gasteiger partial charge < -0.3 is 10.5 Å². The van der Waals surface area contributed by atoms with Crippen LogP contribution in [0.1, 0.15) is 39.5 Å². The van der Waals surface area contributed by atoms with Gasteiger partial charge in [0.25, 0.3) is 0 Å². The lowest BCUT2D eigenvalue weighted by atomic mass is 9.87. The molecule has 3 nitrogen and oxygen atoms in total. The van der Waals surface area contributed by atoms with E-state index in [1.165, 1.54) is 32.2 Å². The Hall–Kier alpha value is -0.120. The van der Waals surface area contributed by atoms with Crippen molar-refractivity contribution in [3.8, 4) is 0 Å². The van der Waals surface area contributed by atoms with Gasteiger partial charge in [0.05, 0.1) is 12.1 Å². The van der Waals surface area contributed by atoms with Gasteiger partial charge in [-0.1, -0.05) is 0 Å². The van der Waals surface area contributed by atoms with Crippen LogP contribution in [-0.2, 0) is 4.74 Å². The van der Waals surface area contributed by atoms with Gasteiger partial charge in [-0.3, -0.25) is 4.90 Å². The zero-order valence-electron chi connectivity index (χ0n) is 11.0. The van der Waals surface area contributed by atoms with Gasteiger partial charge >= 0.3 is 0 Å². The molecule has 0 aromatic carbocycles. The third-order valence-electron chi connectivity index (χ3n) is 4.52. The Labute approximate surface area is 99.3 Å². The number of likely N-dealkylation sites (tertiary alicyclic amines) is 1. The van der Waals surface area contributed by atoms with Crippen molar-refractivity contribution >= 4 is 0 Å². The molecule has 2 aliphatic rings. The molecule has 94 valence electrons. The molecule has 1 saturated heterocycles. The van der Waals surface area contributed by atoms with Crippen molar-refractivity contribution in [3.05, 3.63) is 0 Å². The van der Waals surface area contributed by atoms with Crippen molar-refractivity contribution < 1.29 is 4.74 Å². The molecule has 1 atom stereocenters. The molecule has 0 aromatic heterocycles. The first-order chi connectivity index (χ1) is 7.57. The Bertz CT molecular complexity index is 250. The maximum Gasteiger partial charge on any atom is 0.0661 e. The lowest BCUT2D eigenvalue weighted by molar-refractivity contribution is -0.0344. The predicted molar refractivity (Wildman–Crippen MR) is 66.4 cm³/mol. The Morgan fingerprint density at radius 2 is 2.12 bits per heavy atom. The largest absolute Gasteiger partial charge is 0.383 e. The van der Waals surface area contributed by atoms with E-state index in [4.69, 9.17) is 10.5 Å². The minimum atomic E-state index is 0.106. The third kappa shape index (κ3) is 1.89. The molecule has 1 saturated carbocycles. The van der Waals surface area contributed by atoms with E-state index in [-0.39, 0.29) is 5.54 Å². The molecule has 0 bridgehead atoms. The lowest BCUT2D eigenvalue weighted by Gasteiger charge is -2.48. The fourth-order valence-corrected chi connectivity index (χ4v) is 3.56. The smallest absolute Gasteiger partial charge is 0.0661 e. The fraction of sp³-hybridized carbons (Fsp3) is 1.00. The molecule has 0 amide bonds. The summed E-state index contributed by atoms with van der Waals surface area (Å²) >= 11 is 0. The first kappa shape index (κ1) is 12.3. The first-order valence-electron chi connectivity index (χ1n) is 6.53. The second-order valence-electron chi connectivity index (χ2n) is 6.08. The molecule has 2 N–H and O–H groups in total. The van der Waals surface area contributed by atoms with Gasteiger partial charge in [0.15, 0.2) is 0 Å². The van der Waals surface area contributed by atoms with Crippen LogP contribution in [-0.4, -0.2) is 42.8 Å². The molecule has 3 heteroatoms. The third-order valence-corrected chi connectivity index (χ3v) is 4.52. The van der Waals surface area contributed by atoms with Crippen LogP contribution in [0.4, 0.5) is 0 Å². The van der Waals surface area contributed by atoms with Gasteiger partial charge in [-0.25, -0.2) is 0 Å². The molecule has 1 aliphatic carbocycles. The molecule has 2 fully saturated rings. The summed E-state index contributed by atoms with van der Waals surface area (Å²) in [6, 6.07) is 0. The number of nitrogens with two attached hydrogens (primary N) is 1. The highest BCUT2D eigenvalue weighted by Crippen LogP contribution is 2.47. The molecule has 2 rings (SSSR count). The predicted octanol–water partition coefficient (Wildman–Crippen LogP) is 1.61. The second-order valence-corrected chi connectivity index (χ2v) is 6.08. The van der Waals surface area contributed by atoms with E-state index >= 15 is 0 Å². The Balaban J connectivity index is 2.23. The molecule has 1 heterocycles. The van der Waals surface area contributed by atoms with E-state index < -0.39 is 0 Å². The van der Waals surface area contributed by atoms with E-state index in [0.717, 1.165) is 19.1 Å². The average molecular weight is 226 g/mol. The standard InChI is InChI=1S/C13H26N2O/c1-12(2)7-4-8-15(12)13(9-14,10-16-3)11-5-6-11/h11H,4-10,14H2,1-3H3. The average Bonchev–Trinajstić information content (AvgIpc) is 3.01. The van der Waals surface area contributed by atoms with Gasteiger partial charge in [-0.05, 0) is 52.0 Å². The van der Waals surface area contributed by atoms with E-state index in [1.807, 2.05) is 0 Å². The van der Waals surface area contributed by atoms with Crippen LogP contribution in [0.25, 0.3) is 0 Å². The van der Waals surface area contributed by atoms with Gasteiger partial charge in [-0.15, -0.1) is 0 Å². The van der Waals surface area contributed by atoms with Crippen molar-refractivity contribution in [2.45, 2.75) is 50.6 Å². The summed E-state index contributed by atoms with van der Waals surface area (Å²) < 4.78 is 5.48. The summed E-state index contributed by atoms with van der Waals surface area (Å²) in [5.74, 6) is 0.759. The van der Waals surface area contributed by atoms with Crippen molar-refractivity contribution in [1.82, 2.24) is 4.90 Å². The number of methoxy groups -OCH3 is 1. The van der Waals surface area contributed by atoms with Crippen molar-refractivity contribution in [1.29, 1.82) is 0 Å². The number of nitrogens with zero attached hydrogens (tertiary/aromatic N) is 1. The SMILES string of the molecule is COCC(CN)(C1CC1)N1CCCC1(C)C. The van der Waals surface area contributed by atoms with Gasteiger partial charge in [0, 0.05) is 19.2 Å². The fourth-order valence-electron chi connectivity index (χ4n) is 3.56.